The molecule has 0 atom stereocenters. The summed E-state index contributed by atoms with van der Waals surface area (Å²) in [6, 6.07) is 9.23. The first-order valence-electron chi connectivity index (χ1n) is 7.40. The SMILES string of the molecule is NCC1(c2ccc(N3CCCCC3)cc2)CCC1. The van der Waals surface area contributed by atoms with Crippen molar-refractivity contribution >= 4 is 5.69 Å². The average molecular weight is 244 g/mol. The zero-order valence-electron chi connectivity index (χ0n) is 11.2. The van der Waals surface area contributed by atoms with E-state index in [1.165, 1.54) is 62.9 Å². The predicted molar refractivity (Wildman–Crippen MR) is 77.1 cm³/mol. The summed E-state index contributed by atoms with van der Waals surface area (Å²) in [4.78, 5) is 2.52. The second-order valence-corrected chi connectivity index (χ2v) is 5.93. The van der Waals surface area contributed by atoms with E-state index in [1.807, 2.05) is 0 Å². The molecule has 1 saturated heterocycles. The van der Waals surface area contributed by atoms with Crippen molar-refractivity contribution in [1.82, 2.24) is 0 Å². The van der Waals surface area contributed by atoms with E-state index >= 15 is 0 Å². The fourth-order valence-electron chi connectivity index (χ4n) is 3.39. The van der Waals surface area contributed by atoms with E-state index in [0.717, 1.165) is 6.54 Å². The highest BCUT2D eigenvalue weighted by molar-refractivity contribution is 5.49. The Morgan fingerprint density at radius 3 is 2.11 bits per heavy atom. The van der Waals surface area contributed by atoms with Crippen LogP contribution in [0.2, 0.25) is 0 Å². The van der Waals surface area contributed by atoms with Crippen molar-refractivity contribution in [3.05, 3.63) is 29.8 Å². The standard InChI is InChI=1S/C16H24N2/c17-13-16(9-4-10-16)14-5-7-15(8-6-14)18-11-2-1-3-12-18/h5-8H,1-4,9-13,17H2. The Kier molecular flexibility index (Phi) is 3.29. The van der Waals surface area contributed by atoms with Crippen LogP contribution in [0.4, 0.5) is 5.69 Å². The number of hydrogen-bond acceptors (Lipinski definition) is 2. The van der Waals surface area contributed by atoms with E-state index < -0.39 is 0 Å². The number of piperidine rings is 1. The molecular formula is C16H24N2. The molecule has 2 heteroatoms. The summed E-state index contributed by atoms with van der Waals surface area (Å²) in [6.45, 7) is 3.25. The molecule has 0 bridgehead atoms. The minimum atomic E-state index is 0.306. The third-order valence-corrected chi connectivity index (χ3v) is 4.90. The third kappa shape index (κ3) is 2.03. The Hall–Kier alpha value is -1.02. The van der Waals surface area contributed by atoms with Crippen LogP contribution < -0.4 is 10.6 Å². The van der Waals surface area contributed by atoms with Crippen LogP contribution in [0.15, 0.2) is 24.3 Å². The van der Waals surface area contributed by atoms with Crippen molar-refractivity contribution in [3.8, 4) is 0 Å². The maximum atomic E-state index is 5.97. The molecule has 1 aliphatic carbocycles. The van der Waals surface area contributed by atoms with Crippen molar-refractivity contribution in [1.29, 1.82) is 0 Å². The van der Waals surface area contributed by atoms with Gasteiger partial charge in [0.1, 0.15) is 0 Å². The van der Waals surface area contributed by atoms with Gasteiger partial charge in [-0.15, -0.1) is 0 Å². The molecule has 1 aliphatic heterocycles. The minimum Gasteiger partial charge on any atom is -0.372 e. The second-order valence-electron chi connectivity index (χ2n) is 5.93. The first-order chi connectivity index (χ1) is 8.84. The van der Waals surface area contributed by atoms with Crippen LogP contribution in [0.1, 0.15) is 44.1 Å². The van der Waals surface area contributed by atoms with Crippen LogP contribution in [0.25, 0.3) is 0 Å². The maximum absolute atomic E-state index is 5.97. The Morgan fingerprint density at radius 1 is 0.944 bits per heavy atom. The van der Waals surface area contributed by atoms with Gasteiger partial charge in [-0.2, -0.15) is 0 Å². The third-order valence-electron chi connectivity index (χ3n) is 4.90. The van der Waals surface area contributed by atoms with Gasteiger partial charge in [-0.25, -0.2) is 0 Å². The zero-order valence-corrected chi connectivity index (χ0v) is 11.2. The Bertz CT molecular complexity index is 381. The average Bonchev–Trinajstić information content (AvgIpc) is 2.40. The van der Waals surface area contributed by atoms with Crippen LogP contribution in [0.5, 0.6) is 0 Å². The van der Waals surface area contributed by atoms with Crippen molar-refractivity contribution in [2.24, 2.45) is 5.73 Å². The van der Waals surface area contributed by atoms with E-state index in [-0.39, 0.29) is 0 Å². The zero-order chi connectivity index (χ0) is 12.4. The highest BCUT2D eigenvalue weighted by atomic mass is 15.1. The van der Waals surface area contributed by atoms with Gasteiger partial charge in [-0.1, -0.05) is 18.6 Å². The highest BCUT2D eigenvalue weighted by Gasteiger charge is 2.37. The number of rotatable bonds is 3. The molecule has 0 aromatic heterocycles. The molecule has 1 heterocycles. The fraction of sp³-hybridized carbons (Fsp3) is 0.625. The largest absolute Gasteiger partial charge is 0.372 e. The first-order valence-corrected chi connectivity index (χ1v) is 7.40. The van der Waals surface area contributed by atoms with E-state index in [2.05, 4.69) is 29.2 Å². The topological polar surface area (TPSA) is 29.3 Å². The second kappa shape index (κ2) is 4.93. The molecule has 1 aromatic carbocycles. The van der Waals surface area contributed by atoms with Gasteiger partial charge in [-0.05, 0) is 49.8 Å². The Balaban J connectivity index is 1.76. The molecule has 2 N–H and O–H groups in total. The lowest BCUT2D eigenvalue weighted by atomic mass is 9.64. The van der Waals surface area contributed by atoms with Gasteiger partial charge in [0.2, 0.25) is 0 Å². The summed E-state index contributed by atoms with van der Waals surface area (Å²) < 4.78 is 0. The molecule has 1 aromatic rings. The van der Waals surface area contributed by atoms with Crippen LogP contribution in [0.3, 0.4) is 0 Å². The van der Waals surface area contributed by atoms with E-state index in [1.54, 1.807) is 0 Å². The maximum Gasteiger partial charge on any atom is 0.0366 e. The molecule has 2 fully saturated rings. The number of nitrogens with two attached hydrogens (primary N) is 1. The molecule has 18 heavy (non-hydrogen) atoms. The summed E-state index contributed by atoms with van der Waals surface area (Å²) in [7, 11) is 0. The predicted octanol–water partition coefficient (Wildman–Crippen LogP) is 3.06. The normalized spacial score (nSPS) is 22.6. The van der Waals surface area contributed by atoms with Gasteiger partial charge < -0.3 is 10.6 Å². The van der Waals surface area contributed by atoms with Crippen molar-refractivity contribution < 1.29 is 0 Å². The minimum absolute atomic E-state index is 0.306. The van der Waals surface area contributed by atoms with Gasteiger partial charge in [0.05, 0.1) is 0 Å². The molecule has 0 spiro atoms. The Labute approximate surface area is 110 Å². The van der Waals surface area contributed by atoms with Gasteiger partial charge >= 0.3 is 0 Å². The molecule has 98 valence electrons. The van der Waals surface area contributed by atoms with Crippen molar-refractivity contribution in [2.75, 3.05) is 24.5 Å². The monoisotopic (exact) mass is 244 g/mol. The van der Waals surface area contributed by atoms with Crippen LogP contribution >= 0.6 is 0 Å². The van der Waals surface area contributed by atoms with Crippen LogP contribution in [0, 0.1) is 0 Å². The van der Waals surface area contributed by atoms with Gasteiger partial charge in [0.15, 0.2) is 0 Å². The molecule has 0 unspecified atom stereocenters. The molecule has 0 amide bonds. The summed E-state index contributed by atoms with van der Waals surface area (Å²) >= 11 is 0. The van der Waals surface area contributed by atoms with Crippen molar-refractivity contribution in [2.45, 2.75) is 43.9 Å². The Morgan fingerprint density at radius 2 is 1.61 bits per heavy atom. The number of benzene rings is 1. The van der Waals surface area contributed by atoms with Gasteiger partial charge in [-0.3, -0.25) is 0 Å². The summed E-state index contributed by atoms with van der Waals surface area (Å²) in [6.07, 6.45) is 7.96. The molecule has 3 rings (SSSR count). The lowest BCUT2D eigenvalue weighted by molar-refractivity contribution is 0.253. The molecular weight excluding hydrogens is 220 g/mol. The quantitative estimate of drug-likeness (QED) is 0.885. The lowest BCUT2D eigenvalue weighted by Gasteiger charge is -2.41. The summed E-state index contributed by atoms with van der Waals surface area (Å²) in [5, 5.41) is 0. The molecule has 0 radical (unpaired) electrons. The summed E-state index contributed by atoms with van der Waals surface area (Å²) in [5.74, 6) is 0. The number of hydrogen-bond donors (Lipinski definition) is 1. The molecule has 2 aliphatic rings. The van der Waals surface area contributed by atoms with Crippen LogP contribution in [-0.2, 0) is 5.41 Å². The van der Waals surface area contributed by atoms with Crippen molar-refractivity contribution in [3.63, 3.8) is 0 Å². The highest BCUT2D eigenvalue weighted by Crippen LogP contribution is 2.43. The first kappa shape index (κ1) is 12.0. The van der Waals surface area contributed by atoms with E-state index in [4.69, 9.17) is 5.73 Å². The molecule has 1 saturated carbocycles. The summed E-state index contributed by atoms with van der Waals surface area (Å²) in [5.41, 5.74) is 9.13. The van der Waals surface area contributed by atoms with Gasteiger partial charge in [0.25, 0.3) is 0 Å². The number of nitrogens with zero attached hydrogens (tertiary/aromatic N) is 1. The van der Waals surface area contributed by atoms with E-state index in [9.17, 15) is 0 Å². The van der Waals surface area contributed by atoms with E-state index in [0.29, 0.717) is 5.41 Å². The lowest BCUT2D eigenvalue weighted by Crippen LogP contribution is -2.41. The smallest absolute Gasteiger partial charge is 0.0366 e. The van der Waals surface area contributed by atoms with Gasteiger partial charge in [0, 0.05) is 30.7 Å². The van der Waals surface area contributed by atoms with Crippen LogP contribution in [-0.4, -0.2) is 19.6 Å². The fourth-order valence-corrected chi connectivity index (χ4v) is 3.39. The molecule has 2 nitrogen and oxygen atoms in total. The number of anilines is 1.